The van der Waals surface area contributed by atoms with Gasteiger partial charge in [-0.3, -0.25) is 0 Å². The number of para-hydroxylation sites is 1. The quantitative estimate of drug-likeness (QED) is 0.477. The number of halogens is 3. The smallest absolute Gasteiger partial charge is 0.340 e. The number of alkyl halides is 3. The van der Waals surface area contributed by atoms with E-state index in [1.165, 1.54) is 0 Å². The summed E-state index contributed by atoms with van der Waals surface area (Å²) in [6.45, 7) is 6.04. The molecule has 0 aliphatic rings. The Labute approximate surface area is 168 Å². The maximum atomic E-state index is 13.5. The third kappa shape index (κ3) is 5.04. The van der Waals surface area contributed by atoms with Gasteiger partial charge in [0.25, 0.3) is 0 Å². The van der Waals surface area contributed by atoms with Crippen molar-refractivity contribution in [3.05, 3.63) is 71.4 Å². The molecule has 1 atom stereocenters. The van der Waals surface area contributed by atoms with Crippen LogP contribution in [0, 0.1) is 6.92 Å². The van der Waals surface area contributed by atoms with Crippen molar-refractivity contribution in [3.8, 4) is 0 Å². The fourth-order valence-electron chi connectivity index (χ4n) is 2.87. The summed E-state index contributed by atoms with van der Waals surface area (Å²) in [6, 6.07) is 14.8. The SMILES string of the molecule is CCC(C)c1cccc(Nc2nc(Nc3ccccc3C)ncc2C(F)(F)F)c1. The van der Waals surface area contributed by atoms with E-state index >= 15 is 0 Å². The number of hydrogen-bond acceptors (Lipinski definition) is 4. The number of anilines is 4. The topological polar surface area (TPSA) is 49.8 Å². The van der Waals surface area contributed by atoms with Crippen molar-refractivity contribution >= 4 is 23.1 Å². The lowest BCUT2D eigenvalue weighted by molar-refractivity contribution is -0.137. The van der Waals surface area contributed by atoms with E-state index in [0.29, 0.717) is 11.6 Å². The first-order valence-electron chi connectivity index (χ1n) is 9.41. The van der Waals surface area contributed by atoms with Crippen LogP contribution < -0.4 is 10.6 Å². The largest absolute Gasteiger partial charge is 0.421 e. The van der Waals surface area contributed by atoms with Gasteiger partial charge in [0.15, 0.2) is 0 Å². The average molecular weight is 400 g/mol. The lowest BCUT2D eigenvalue weighted by Crippen LogP contribution is -2.13. The molecule has 152 valence electrons. The Morgan fingerprint density at radius 1 is 1.03 bits per heavy atom. The van der Waals surface area contributed by atoms with Gasteiger partial charge in [0, 0.05) is 17.6 Å². The Morgan fingerprint density at radius 3 is 2.48 bits per heavy atom. The van der Waals surface area contributed by atoms with Gasteiger partial charge in [-0.1, -0.05) is 44.2 Å². The van der Waals surface area contributed by atoms with Gasteiger partial charge < -0.3 is 10.6 Å². The molecule has 1 aromatic heterocycles. The monoisotopic (exact) mass is 400 g/mol. The van der Waals surface area contributed by atoms with Crippen molar-refractivity contribution in [2.75, 3.05) is 10.6 Å². The van der Waals surface area contributed by atoms with Crippen LogP contribution in [0.3, 0.4) is 0 Å². The predicted molar refractivity (Wildman–Crippen MR) is 110 cm³/mol. The second kappa shape index (κ2) is 8.51. The van der Waals surface area contributed by atoms with E-state index < -0.39 is 11.7 Å². The molecule has 2 N–H and O–H groups in total. The molecule has 0 bridgehead atoms. The highest BCUT2D eigenvalue weighted by atomic mass is 19.4. The number of nitrogens with one attached hydrogen (secondary N) is 2. The fraction of sp³-hybridized carbons (Fsp3) is 0.273. The Kier molecular flexibility index (Phi) is 6.06. The number of hydrogen-bond donors (Lipinski definition) is 2. The lowest BCUT2D eigenvalue weighted by Gasteiger charge is -2.16. The molecule has 0 saturated heterocycles. The normalized spacial score (nSPS) is 12.5. The molecule has 0 aliphatic carbocycles. The second-order valence-corrected chi connectivity index (χ2v) is 6.95. The molecule has 3 aromatic rings. The van der Waals surface area contributed by atoms with E-state index in [-0.39, 0.29) is 11.8 Å². The summed E-state index contributed by atoms with van der Waals surface area (Å²) in [7, 11) is 0. The third-order valence-corrected chi connectivity index (χ3v) is 4.82. The van der Waals surface area contributed by atoms with Gasteiger partial charge in [-0.25, -0.2) is 4.98 Å². The van der Waals surface area contributed by atoms with Gasteiger partial charge in [-0.05, 0) is 48.6 Å². The summed E-state index contributed by atoms with van der Waals surface area (Å²) in [6.07, 6.45) is -2.83. The summed E-state index contributed by atoms with van der Waals surface area (Å²) in [5.41, 5.74) is 2.36. The van der Waals surface area contributed by atoms with Crippen molar-refractivity contribution in [1.29, 1.82) is 0 Å². The first-order valence-corrected chi connectivity index (χ1v) is 9.41. The van der Waals surface area contributed by atoms with Crippen LogP contribution in [0.4, 0.5) is 36.3 Å². The van der Waals surface area contributed by atoms with Crippen molar-refractivity contribution in [2.45, 2.75) is 39.3 Å². The first-order chi connectivity index (χ1) is 13.8. The number of rotatable bonds is 6. The van der Waals surface area contributed by atoms with Crippen LogP contribution in [0.25, 0.3) is 0 Å². The molecule has 0 amide bonds. The minimum Gasteiger partial charge on any atom is -0.340 e. The van der Waals surface area contributed by atoms with Gasteiger partial charge >= 0.3 is 6.18 Å². The predicted octanol–water partition coefficient (Wildman–Crippen LogP) is 6.80. The Morgan fingerprint density at radius 2 is 1.79 bits per heavy atom. The maximum Gasteiger partial charge on any atom is 0.421 e. The number of aromatic nitrogens is 2. The van der Waals surface area contributed by atoms with E-state index in [2.05, 4.69) is 34.4 Å². The van der Waals surface area contributed by atoms with Crippen molar-refractivity contribution in [1.82, 2.24) is 9.97 Å². The van der Waals surface area contributed by atoms with E-state index in [0.717, 1.165) is 29.4 Å². The lowest BCUT2D eigenvalue weighted by atomic mass is 9.98. The number of benzene rings is 2. The van der Waals surface area contributed by atoms with E-state index in [9.17, 15) is 13.2 Å². The van der Waals surface area contributed by atoms with Crippen LogP contribution in [0.5, 0.6) is 0 Å². The summed E-state index contributed by atoms with van der Waals surface area (Å²) < 4.78 is 40.5. The molecular weight excluding hydrogens is 377 g/mol. The van der Waals surface area contributed by atoms with Gasteiger partial charge in [-0.2, -0.15) is 18.2 Å². The molecule has 0 fully saturated rings. The van der Waals surface area contributed by atoms with Crippen molar-refractivity contribution in [3.63, 3.8) is 0 Å². The molecule has 0 spiro atoms. The highest BCUT2D eigenvalue weighted by Gasteiger charge is 2.35. The highest BCUT2D eigenvalue weighted by Crippen LogP contribution is 2.36. The summed E-state index contributed by atoms with van der Waals surface area (Å²) in [4.78, 5) is 7.97. The van der Waals surface area contributed by atoms with Crippen LogP contribution in [0.1, 0.15) is 42.9 Å². The highest BCUT2D eigenvalue weighted by molar-refractivity contribution is 5.64. The molecule has 29 heavy (non-hydrogen) atoms. The zero-order chi connectivity index (χ0) is 21.0. The third-order valence-electron chi connectivity index (χ3n) is 4.82. The molecule has 0 radical (unpaired) electrons. The van der Waals surface area contributed by atoms with E-state index in [1.54, 1.807) is 6.07 Å². The molecule has 1 heterocycles. The number of aryl methyl sites for hydroxylation is 1. The first kappa shape index (κ1) is 20.6. The minimum atomic E-state index is -4.57. The fourth-order valence-corrected chi connectivity index (χ4v) is 2.87. The van der Waals surface area contributed by atoms with Crippen molar-refractivity contribution in [2.24, 2.45) is 0 Å². The average Bonchev–Trinajstić information content (AvgIpc) is 2.68. The van der Waals surface area contributed by atoms with Gasteiger partial charge in [0.2, 0.25) is 5.95 Å². The van der Waals surface area contributed by atoms with E-state index in [1.807, 2.05) is 49.4 Å². The molecule has 0 saturated carbocycles. The van der Waals surface area contributed by atoms with Crippen molar-refractivity contribution < 1.29 is 13.2 Å². The summed E-state index contributed by atoms with van der Waals surface area (Å²) in [5, 5.41) is 5.81. The van der Waals surface area contributed by atoms with Gasteiger partial charge in [-0.15, -0.1) is 0 Å². The number of nitrogens with zero attached hydrogens (tertiary/aromatic N) is 2. The molecule has 2 aromatic carbocycles. The van der Waals surface area contributed by atoms with Crippen LogP contribution in [-0.2, 0) is 6.18 Å². The second-order valence-electron chi connectivity index (χ2n) is 6.95. The summed E-state index contributed by atoms with van der Waals surface area (Å²) in [5.74, 6) is 0.111. The molecule has 4 nitrogen and oxygen atoms in total. The maximum absolute atomic E-state index is 13.5. The molecule has 1 unspecified atom stereocenters. The van der Waals surface area contributed by atoms with Gasteiger partial charge in [0.05, 0.1) is 0 Å². The minimum absolute atomic E-state index is 0.0906. The Bertz CT molecular complexity index is 986. The molecule has 7 heteroatoms. The van der Waals surface area contributed by atoms with Crippen LogP contribution in [0.15, 0.2) is 54.7 Å². The molecule has 0 aliphatic heterocycles. The zero-order valence-electron chi connectivity index (χ0n) is 16.5. The Balaban J connectivity index is 1.96. The molecular formula is C22H23F3N4. The van der Waals surface area contributed by atoms with Gasteiger partial charge in [0.1, 0.15) is 11.4 Å². The zero-order valence-corrected chi connectivity index (χ0v) is 16.5. The standard InChI is InChI=1S/C22H23F3N4/c1-4-14(2)16-9-7-10-17(12-16)27-20-18(22(23,24)25)13-26-21(29-20)28-19-11-6-5-8-15(19)3/h5-14H,4H2,1-3H3,(H2,26,27,28,29). The van der Waals surface area contributed by atoms with Crippen LogP contribution in [-0.4, -0.2) is 9.97 Å². The summed E-state index contributed by atoms with van der Waals surface area (Å²) >= 11 is 0. The van der Waals surface area contributed by atoms with Crippen LogP contribution >= 0.6 is 0 Å². The Hall–Kier alpha value is -3.09. The van der Waals surface area contributed by atoms with E-state index in [4.69, 9.17) is 0 Å². The molecule has 3 rings (SSSR count). The van der Waals surface area contributed by atoms with Crippen LogP contribution in [0.2, 0.25) is 0 Å².